The molecule has 1 saturated heterocycles. The Morgan fingerprint density at radius 2 is 1.83 bits per heavy atom. The van der Waals surface area contributed by atoms with Gasteiger partial charge in [0.2, 0.25) is 5.91 Å². The number of rotatable bonds is 5. The van der Waals surface area contributed by atoms with Crippen molar-refractivity contribution in [1.29, 1.82) is 0 Å². The van der Waals surface area contributed by atoms with Gasteiger partial charge in [0.25, 0.3) is 5.91 Å². The summed E-state index contributed by atoms with van der Waals surface area (Å²) in [5.74, 6) is -0.246. The summed E-state index contributed by atoms with van der Waals surface area (Å²) in [5, 5.41) is 3.24. The Balaban J connectivity index is 1.45. The van der Waals surface area contributed by atoms with Gasteiger partial charge in [0, 0.05) is 13.1 Å². The van der Waals surface area contributed by atoms with Crippen LogP contribution in [0.4, 0.5) is 4.39 Å². The zero-order valence-electron chi connectivity index (χ0n) is 16.5. The van der Waals surface area contributed by atoms with E-state index >= 15 is 0 Å². The van der Waals surface area contributed by atoms with Crippen LogP contribution >= 0.6 is 0 Å². The number of benzene rings is 1. The average Bonchev–Trinajstić information content (AvgIpc) is 3.46. The van der Waals surface area contributed by atoms with Gasteiger partial charge in [-0.15, -0.1) is 0 Å². The van der Waals surface area contributed by atoms with Crippen molar-refractivity contribution in [2.24, 2.45) is 11.8 Å². The van der Waals surface area contributed by atoms with Crippen molar-refractivity contribution in [3.63, 3.8) is 0 Å². The summed E-state index contributed by atoms with van der Waals surface area (Å²) in [6.07, 6.45) is 8.94. The average molecular weight is 398 g/mol. The summed E-state index contributed by atoms with van der Waals surface area (Å²) in [4.78, 5) is 27.5. The fourth-order valence-corrected chi connectivity index (χ4v) is 4.65. The van der Waals surface area contributed by atoms with Crippen LogP contribution in [0.25, 0.3) is 0 Å². The molecule has 0 radical (unpaired) electrons. The molecule has 2 aromatic rings. The van der Waals surface area contributed by atoms with Crippen molar-refractivity contribution >= 4 is 11.8 Å². The first-order chi connectivity index (χ1) is 14.1. The Labute approximate surface area is 170 Å². The van der Waals surface area contributed by atoms with E-state index in [2.05, 4.69) is 5.32 Å². The van der Waals surface area contributed by atoms with Gasteiger partial charge in [0.1, 0.15) is 12.1 Å². The normalized spacial score (nSPS) is 21.1. The molecular formula is C23H27FN2O3. The summed E-state index contributed by atoms with van der Waals surface area (Å²) in [6, 6.07) is 8.00. The minimum atomic E-state index is -0.272. The lowest BCUT2D eigenvalue weighted by Gasteiger charge is -2.34. The summed E-state index contributed by atoms with van der Waals surface area (Å²) < 4.78 is 18.4. The number of hydrogen-bond acceptors (Lipinski definition) is 3. The Morgan fingerprint density at radius 3 is 2.52 bits per heavy atom. The van der Waals surface area contributed by atoms with Crippen molar-refractivity contribution in [3.8, 4) is 0 Å². The molecule has 2 amide bonds. The van der Waals surface area contributed by atoms with Crippen LogP contribution in [0.5, 0.6) is 0 Å². The fraction of sp³-hybridized carbons (Fsp3) is 0.478. The van der Waals surface area contributed by atoms with Crippen LogP contribution in [0.15, 0.2) is 47.3 Å². The van der Waals surface area contributed by atoms with Gasteiger partial charge in [0.15, 0.2) is 0 Å². The van der Waals surface area contributed by atoms with Crippen molar-refractivity contribution in [2.75, 3.05) is 13.1 Å². The summed E-state index contributed by atoms with van der Waals surface area (Å²) in [5.41, 5.74) is 1.47. The highest BCUT2D eigenvalue weighted by Crippen LogP contribution is 2.36. The second-order valence-electron chi connectivity index (χ2n) is 8.18. The molecule has 6 heteroatoms. The lowest BCUT2D eigenvalue weighted by molar-refractivity contribution is -0.127. The molecule has 0 spiro atoms. The highest BCUT2D eigenvalue weighted by atomic mass is 19.1. The first-order valence-electron chi connectivity index (χ1n) is 10.5. The third kappa shape index (κ3) is 4.52. The standard InChI is InChI=1S/C23H27FN2O3/c24-20-9-7-17(8-10-20)21(16-4-1-2-5-16)25-22(27)18-6-3-12-26(14-18)23(28)19-11-13-29-15-19/h7-11,13,15-16,18,21H,1-6,12,14H2,(H,25,27)/t18-,21+/m1/s1. The number of amides is 2. The predicted octanol–water partition coefficient (Wildman–Crippen LogP) is 4.32. The molecule has 0 unspecified atom stereocenters. The largest absolute Gasteiger partial charge is 0.472 e. The van der Waals surface area contributed by atoms with E-state index in [1.165, 1.54) is 24.7 Å². The van der Waals surface area contributed by atoms with Gasteiger partial charge in [0.05, 0.1) is 23.8 Å². The molecule has 0 bridgehead atoms. The molecular weight excluding hydrogens is 371 g/mol. The van der Waals surface area contributed by atoms with Crippen molar-refractivity contribution < 1.29 is 18.4 Å². The van der Waals surface area contributed by atoms with E-state index in [-0.39, 0.29) is 29.6 Å². The van der Waals surface area contributed by atoms with Crippen LogP contribution in [-0.4, -0.2) is 29.8 Å². The van der Waals surface area contributed by atoms with E-state index in [4.69, 9.17) is 4.42 Å². The molecule has 2 atom stereocenters. The Bertz CT molecular complexity index is 828. The number of hydrogen-bond donors (Lipinski definition) is 1. The van der Waals surface area contributed by atoms with E-state index in [1.54, 1.807) is 23.1 Å². The smallest absolute Gasteiger partial charge is 0.257 e. The molecule has 1 N–H and O–H groups in total. The number of furan rings is 1. The molecule has 1 aromatic heterocycles. The van der Waals surface area contributed by atoms with Crippen molar-refractivity contribution in [1.82, 2.24) is 10.2 Å². The molecule has 2 fully saturated rings. The summed E-state index contributed by atoms with van der Waals surface area (Å²) in [7, 11) is 0. The van der Waals surface area contributed by atoms with E-state index in [0.29, 0.717) is 24.6 Å². The number of carbonyl (C=O) groups is 2. The maximum Gasteiger partial charge on any atom is 0.257 e. The first-order valence-corrected chi connectivity index (χ1v) is 10.5. The third-order valence-corrected chi connectivity index (χ3v) is 6.25. The molecule has 4 rings (SSSR count). The van der Waals surface area contributed by atoms with Crippen molar-refractivity contribution in [2.45, 2.75) is 44.6 Å². The van der Waals surface area contributed by atoms with Gasteiger partial charge in [-0.25, -0.2) is 4.39 Å². The molecule has 1 aliphatic heterocycles. The highest BCUT2D eigenvalue weighted by molar-refractivity contribution is 5.94. The zero-order chi connectivity index (χ0) is 20.2. The molecule has 29 heavy (non-hydrogen) atoms. The van der Waals surface area contributed by atoms with Crippen LogP contribution in [0, 0.1) is 17.7 Å². The maximum atomic E-state index is 13.4. The number of carbonyl (C=O) groups excluding carboxylic acids is 2. The number of piperidine rings is 1. The lowest BCUT2D eigenvalue weighted by Crippen LogP contribution is -2.46. The van der Waals surface area contributed by atoms with Crippen LogP contribution < -0.4 is 5.32 Å². The third-order valence-electron chi connectivity index (χ3n) is 6.25. The second kappa shape index (κ2) is 8.80. The van der Waals surface area contributed by atoms with Crippen LogP contribution in [0.2, 0.25) is 0 Å². The Morgan fingerprint density at radius 1 is 1.07 bits per heavy atom. The highest BCUT2D eigenvalue weighted by Gasteiger charge is 2.33. The number of likely N-dealkylation sites (tertiary alicyclic amines) is 1. The van der Waals surface area contributed by atoms with Crippen LogP contribution in [0.1, 0.15) is 60.5 Å². The molecule has 1 aliphatic carbocycles. The molecule has 1 aromatic carbocycles. The summed E-state index contributed by atoms with van der Waals surface area (Å²) in [6.45, 7) is 1.06. The van der Waals surface area contributed by atoms with Gasteiger partial charge in [-0.2, -0.15) is 0 Å². The van der Waals surface area contributed by atoms with Gasteiger partial charge in [-0.1, -0.05) is 25.0 Å². The molecule has 154 valence electrons. The minimum Gasteiger partial charge on any atom is -0.472 e. The van der Waals surface area contributed by atoms with Gasteiger partial charge < -0.3 is 14.6 Å². The quantitative estimate of drug-likeness (QED) is 0.816. The first kappa shape index (κ1) is 19.7. The molecule has 5 nitrogen and oxygen atoms in total. The van der Waals surface area contributed by atoms with E-state index < -0.39 is 0 Å². The zero-order valence-corrected chi connectivity index (χ0v) is 16.5. The number of nitrogens with zero attached hydrogens (tertiary/aromatic N) is 1. The second-order valence-corrected chi connectivity index (χ2v) is 8.18. The summed E-state index contributed by atoms with van der Waals surface area (Å²) >= 11 is 0. The van der Waals surface area contributed by atoms with Crippen LogP contribution in [0.3, 0.4) is 0 Å². The minimum absolute atomic E-state index is 0.0177. The lowest BCUT2D eigenvalue weighted by atomic mass is 9.90. The van der Waals surface area contributed by atoms with Gasteiger partial charge >= 0.3 is 0 Å². The number of nitrogens with one attached hydrogen (secondary N) is 1. The fourth-order valence-electron chi connectivity index (χ4n) is 4.65. The molecule has 1 saturated carbocycles. The topological polar surface area (TPSA) is 62.6 Å². The molecule has 2 aliphatic rings. The van der Waals surface area contributed by atoms with Gasteiger partial charge in [-0.3, -0.25) is 9.59 Å². The van der Waals surface area contributed by atoms with Crippen LogP contribution in [-0.2, 0) is 4.79 Å². The van der Waals surface area contributed by atoms with Gasteiger partial charge in [-0.05, 0) is 55.4 Å². The van der Waals surface area contributed by atoms with E-state index in [0.717, 1.165) is 44.1 Å². The maximum absolute atomic E-state index is 13.4. The van der Waals surface area contributed by atoms with E-state index in [1.807, 2.05) is 0 Å². The number of halogens is 1. The van der Waals surface area contributed by atoms with Crippen molar-refractivity contribution in [3.05, 3.63) is 59.8 Å². The van der Waals surface area contributed by atoms with E-state index in [9.17, 15) is 14.0 Å². The Hall–Kier alpha value is -2.63. The predicted molar refractivity (Wildman–Crippen MR) is 107 cm³/mol. The Kier molecular flexibility index (Phi) is 5.97. The monoisotopic (exact) mass is 398 g/mol. The molecule has 2 heterocycles. The SMILES string of the molecule is O=C(N[C@H](c1ccc(F)cc1)C1CCCC1)[C@@H]1CCCN(C(=O)c2ccoc2)C1.